The number of aromatic nitrogens is 1. The van der Waals surface area contributed by atoms with Crippen LogP contribution in [0.4, 0.5) is 0 Å². The fraction of sp³-hybridized carbons (Fsp3) is 0.524. The molecule has 3 nitrogen and oxygen atoms in total. The lowest BCUT2D eigenvalue weighted by molar-refractivity contribution is -0.131. The molecule has 4 rings (SSSR count). The highest BCUT2D eigenvalue weighted by molar-refractivity contribution is 8.00. The van der Waals surface area contributed by atoms with Crippen LogP contribution < -0.4 is 0 Å². The van der Waals surface area contributed by atoms with E-state index in [1.807, 2.05) is 12.1 Å². The maximum absolute atomic E-state index is 12.8. The average molecular weight is 389 g/mol. The molecule has 1 aliphatic carbocycles. The van der Waals surface area contributed by atoms with E-state index in [2.05, 4.69) is 17.9 Å². The minimum absolute atomic E-state index is 0.269. The van der Waals surface area contributed by atoms with Crippen LogP contribution in [0.15, 0.2) is 23.1 Å². The number of rotatable bonds is 3. The monoisotopic (exact) mass is 388 g/mol. The Bertz CT molecular complexity index is 838. The van der Waals surface area contributed by atoms with E-state index in [-0.39, 0.29) is 5.91 Å². The van der Waals surface area contributed by atoms with Gasteiger partial charge in [0.25, 0.3) is 0 Å². The van der Waals surface area contributed by atoms with E-state index in [1.165, 1.54) is 35.4 Å². The van der Waals surface area contributed by atoms with Crippen molar-refractivity contribution >= 4 is 40.2 Å². The molecule has 1 unspecified atom stereocenters. The van der Waals surface area contributed by atoms with Gasteiger partial charge in [0.2, 0.25) is 5.91 Å². The molecule has 2 heterocycles. The molecule has 0 saturated carbocycles. The Labute approximate surface area is 164 Å². The van der Waals surface area contributed by atoms with Gasteiger partial charge in [-0.25, -0.2) is 0 Å². The summed E-state index contributed by atoms with van der Waals surface area (Å²) in [6, 6.07) is 6.32. The second-order valence-electron chi connectivity index (χ2n) is 7.46. The van der Waals surface area contributed by atoms with E-state index in [9.17, 15) is 4.79 Å². The van der Waals surface area contributed by atoms with Gasteiger partial charge in [0, 0.05) is 33.6 Å². The Morgan fingerprint density at radius 2 is 2.12 bits per heavy atom. The average Bonchev–Trinajstić information content (AvgIpc) is 2.65. The lowest BCUT2D eigenvalue weighted by atomic mass is 9.94. The van der Waals surface area contributed by atoms with Gasteiger partial charge in [-0.2, -0.15) is 0 Å². The second kappa shape index (κ2) is 7.77. The molecule has 1 aromatic heterocycles. The largest absolute Gasteiger partial charge is 0.339 e. The van der Waals surface area contributed by atoms with Gasteiger partial charge in [-0.3, -0.25) is 9.78 Å². The number of pyridine rings is 1. The van der Waals surface area contributed by atoms with Crippen LogP contribution in [0.1, 0.15) is 50.3 Å². The second-order valence-corrected chi connectivity index (χ2v) is 8.88. The first-order chi connectivity index (χ1) is 12.6. The topological polar surface area (TPSA) is 33.2 Å². The first-order valence-corrected chi connectivity index (χ1v) is 11.0. The molecule has 0 radical (unpaired) electrons. The summed E-state index contributed by atoms with van der Waals surface area (Å²) in [4.78, 5) is 21.0. The van der Waals surface area contributed by atoms with Crippen LogP contribution in [0.5, 0.6) is 0 Å². The van der Waals surface area contributed by atoms with Crippen LogP contribution in [0.2, 0.25) is 5.02 Å². The summed E-state index contributed by atoms with van der Waals surface area (Å²) < 4.78 is 0. The van der Waals surface area contributed by atoms with E-state index in [0.717, 1.165) is 48.2 Å². The third kappa shape index (κ3) is 3.59. The normalized spacial score (nSPS) is 20.2. The standard InChI is InChI=1S/C21H25ClN2OS/c1-14-6-4-5-11-24(14)20(25)13-26-21-16-7-2-3-8-18(16)23-19-12-15(22)9-10-17(19)21/h9-10,12,14H,2-8,11,13H2,1H3. The van der Waals surface area contributed by atoms with Crippen molar-refractivity contribution in [2.24, 2.45) is 0 Å². The van der Waals surface area contributed by atoms with Crippen molar-refractivity contribution in [3.63, 3.8) is 0 Å². The highest BCUT2D eigenvalue weighted by atomic mass is 35.5. The molecule has 5 heteroatoms. The van der Waals surface area contributed by atoms with Crippen LogP contribution in [-0.4, -0.2) is 34.1 Å². The van der Waals surface area contributed by atoms with Gasteiger partial charge in [0.15, 0.2) is 0 Å². The Kier molecular flexibility index (Phi) is 5.42. The summed E-state index contributed by atoms with van der Waals surface area (Å²) in [6.45, 7) is 3.08. The summed E-state index contributed by atoms with van der Waals surface area (Å²) >= 11 is 7.89. The number of aryl methyl sites for hydroxylation is 1. The number of thioether (sulfide) groups is 1. The van der Waals surface area contributed by atoms with Crippen molar-refractivity contribution in [1.82, 2.24) is 9.88 Å². The van der Waals surface area contributed by atoms with Gasteiger partial charge in [0.1, 0.15) is 0 Å². The van der Waals surface area contributed by atoms with Gasteiger partial charge < -0.3 is 4.90 Å². The van der Waals surface area contributed by atoms with Crippen LogP contribution in [0.25, 0.3) is 10.9 Å². The van der Waals surface area contributed by atoms with Gasteiger partial charge in [-0.15, -0.1) is 11.8 Å². The van der Waals surface area contributed by atoms with Gasteiger partial charge >= 0.3 is 0 Å². The predicted molar refractivity (Wildman–Crippen MR) is 109 cm³/mol. The zero-order valence-corrected chi connectivity index (χ0v) is 16.8. The molecule has 2 aliphatic rings. The number of hydrogen-bond donors (Lipinski definition) is 0. The van der Waals surface area contributed by atoms with Crippen LogP contribution in [0, 0.1) is 0 Å². The number of carbonyl (C=O) groups excluding carboxylic acids is 1. The Morgan fingerprint density at radius 1 is 1.27 bits per heavy atom. The highest BCUT2D eigenvalue weighted by Gasteiger charge is 2.24. The molecule has 138 valence electrons. The molecule has 1 saturated heterocycles. The quantitative estimate of drug-likeness (QED) is 0.672. The van der Waals surface area contributed by atoms with Crippen molar-refractivity contribution in [3.05, 3.63) is 34.5 Å². The van der Waals surface area contributed by atoms with Crippen molar-refractivity contribution < 1.29 is 4.79 Å². The zero-order chi connectivity index (χ0) is 18.1. The van der Waals surface area contributed by atoms with Crippen molar-refractivity contribution in [3.8, 4) is 0 Å². The summed E-state index contributed by atoms with van der Waals surface area (Å²) in [5, 5.41) is 1.86. The maximum atomic E-state index is 12.8. The molecule has 2 aromatic rings. The number of fused-ring (bicyclic) bond motifs is 2. The van der Waals surface area contributed by atoms with E-state index in [0.29, 0.717) is 11.8 Å². The molecule has 0 bridgehead atoms. The summed E-state index contributed by atoms with van der Waals surface area (Å²) in [5.41, 5.74) is 3.52. The Hall–Kier alpha value is -1.26. The number of piperidine rings is 1. The molecular weight excluding hydrogens is 364 g/mol. The number of halogens is 1. The number of benzene rings is 1. The number of nitrogens with zero attached hydrogens (tertiary/aromatic N) is 2. The smallest absolute Gasteiger partial charge is 0.233 e. The minimum atomic E-state index is 0.269. The van der Waals surface area contributed by atoms with Crippen molar-refractivity contribution in [2.45, 2.75) is 62.8 Å². The van der Waals surface area contributed by atoms with Gasteiger partial charge in [-0.05, 0) is 69.6 Å². The molecule has 0 spiro atoms. The number of hydrogen-bond acceptors (Lipinski definition) is 3. The number of amides is 1. The van der Waals surface area contributed by atoms with E-state index in [4.69, 9.17) is 16.6 Å². The lowest BCUT2D eigenvalue weighted by Crippen LogP contribution is -2.42. The number of likely N-dealkylation sites (tertiary alicyclic amines) is 1. The van der Waals surface area contributed by atoms with Crippen LogP contribution >= 0.6 is 23.4 Å². The first-order valence-electron chi connectivity index (χ1n) is 9.67. The van der Waals surface area contributed by atoms with E-state index >= 15 is 0 Å². The molecule has 1 fully saturated rings. The fourth-order valence-electron chi connectivity index (χ4n) is 4.20. The first kappa shape index (κ1) is 18.1. The SMILES string of the molecule is CC1CCCCN1C(=O)CSc1c2c(nc3cc(Cl)ccc13)CCCC2. The molecule has 0 N–H and O–H groups in total. The summed E-state index contributed by atoms with van der Waals surface area (Å²) in [7, 11) is 0. The third-order valence-electron chi connectivity index (χ3n) is 5.64. The van der Waals surface area contributed by atoms with Crippen molar-refractivity contribution in [2.75, 3.05) is 12.3 Å². The molecular formula is C21H25ClN2OS. The van der Waals surface area contributed by atoms with E-state index in [1.54, 1.807) is 11.8 Å². The molecule has 26 heavy (non-hydrogen) atoms. The molecule has 1 aliphatic heterocycles. The fourth-order valence-corrected chi connectivity index (χ4v) is 5.53. The maximum Gasteiger partial charge on any atom is 0.233 e. The minimum Gasteiger partial charge on any atom is -0.339 e. The summed E-state index contributed by atoms with van der Waals surface area (Å²) in [5.74, 6) is 0.782. The van der Waals surface area contributed by atoms with Gasteiger partial charge in [-0.1, -0.05) is 17.7 Å². The summed E-state index contributed by atoms with van der Waals surface area (Å²) in [6.07, 6.45) is 8.00. The molecule has 1 amide bonds. The zero-order valence-electron chi connectivity index (χ0n) is 15.3. The third-order valence-corrected chi connectivity index (χ3v) is 7.02. The number of carbonyl (C=O) groups is 1. The Balaban J connectivity index is 1.63. The molecule has 1 aromatic carbocycles. The van der Waals surface area contributed by atoms with Crippen molar-refractivity contribution in [1.29, 1.82) is 0 Å². The van der Waals surface area contributed by atoms with Crippen LogP contribution in [-0.2, 0) is 17.6 Å². The Morgan fingerprint density at radius 3 is 2.96 bits per heavy atom. The lowest BCUT2D eigenvalue weighted by Gasteiger charge is -2.33. The van der Waals surface area contributed by atoms with Gasteiger partial charge in [0.05, 0.1) is 11.3 Å². The van der Waals surface area contributed by atoms with E-state index < -0.39 is 0 Å². The highest BCUT2D eigenvalue weighted by Crippen LogP contribution is 2.37. The van der Waals surface area contributed by atoms with Crippen LogP contribution in [0.3, 0.4) is 0 Å². The predicted octanol–water partition coefficient (Wildman–Crippen LogP) is 5.26. The molecule has 1 atom stereocenters.